The number of benzene rings is 1. The Morgan fingerprint density at radius 2 is 1.39 bits per heavy atom. The van der Waals surface area contributed by atoms with Gasteiger partial charge in [-0.1, -0.05) is 32.3 Å². The second kappa shape index (κ2) is 6.72. The average molecular weight is 256 g/mol. The van der Waals surface area contributed by atoms with E-state index in [9.17, 15) is 13.9 Å². The van der Waals surface area contributed by atoms with Crippen molar-refractivity contribution in [2.45, 2.75) is 58.8 Å². The average Bonchev–Trinajstić information content (AvgIpc) is 2.32. The van der Waals surface area contributed by atoms with E-state index in [1.807, 2.05) is 13.8 Å². The second-order valence-corrected chi connectivity index (χ2v) is 4.80. The molecule has 0 saturated heterocycles. The van der Waals surface area contributed by atoms with E-state index in [0.717, 1.165) is 5.56 Å². The van der Waals surface area contributed by atoms with Gasteiger partial charge in [-0.3, -0.25) is 0 Å². The van der Waals surface area contributed by atoms with Crippen molar-refractivity contribution in [1.29, 1.82) is 0 Å². The van der Waals surface area contributed by atoms with Crippen molar-refractivity contribution in [2.75, 3.05) is 0 Å². The van der Waals surface area contributed by atoms with Crippen LogP contribution in [-0.2, 0) is 0 Å². The first kappa shape index (κ1) is 14.9. The van der Waals surface area contributed by atoms with Crippen LogP contribution in [0.2, 0.25) is 0 Å². The molecular formula is C15H22F2O. The van der Waals surface area contributed by atoms with Crippen LogP contribution in [0.15, 0.2) is 12.1 Å². The Labute approximate surface area is 108 Å². The van der Waals surface area contributed by atoms with Crippen LogP contribution in [0.25, 0.3) is 0 Å². The molecule has 1 N–H and O–H groups in total. The molecule has 0 aliphatic carbocycles. The maximum absolute atomic E-state index is 13.9. The van der Waals surface area contributed by atoms with Gasteiger partial charge in [0.15, 0.2) is 0 Å². The summed E-state index contributed by atoms with van der Waals surface area (Å²) < 4.78 is 27.8. The van der Waals surface area contributed by atoms with Gasteiger partial charge in [-0.15, -0.1) is 0 Å². The lowest BCUT2D eigenvalue weighted by Gasteiger charge is -2.16. The number of phenolic OH excluding ortho intramolecular Hbond substituents is 1. The molecule has 0 aliphatic heterocycles. The molecule has 102 valence electrons. The number of phenols is 1. The number of halogens is 2. The summed E-state index contributed by atoms with van der Waals surface area (Å²) in [5.74, 6) is -0.206. The van der Waals surface area contributed by atoms with E-state index in [2.05, 4.69) is 0 Å². The number of aromatic hydroxyl groups is 1. The molecule has 0 fully saturated rings. The lowest BCUT2D eigenvalue weighted by atomic mass is 9.95. The Hall–Kier alpha value is -1.12. The van der Waals surface area contributed by atoms with Gasteiger partial charge < -0.3 is 5.11 Å². The molecule has 3 heteroatoms. The largest absolute Gasteiger partial charge is 0.507 e. The van der Waals surface area contributed by atoms with E-state index in [4.69, 9.17) is 0 Å². The molecule has 2 atom stereocenters. The minimum Gasteiger partial charge on any atom is -0.507 e. The first-order valence-electron chi connectivity index (χ1n) is 6.62. The summed E-state index contributed by atoms with van der Waals surface area (Å²) in [5.41, 5.74) is 1.24. The number of hydrogen-bond donors (Lipinski definition) is 1. The Balaban J connectivity index is 3.13. The highest BCUT2D eigenvalue weighted by Gasteiger charge is 2.21. The van der Waals surface area contributed by atoms with E-state index in [0.29, 0.717) is 25.7 Å². The summed E-state index contributed by atoms with van der Waals surface area (Å²) in [5, 5.41) is 10.0. The maximum atomic E-state index is 13.9. The molecule has 1 rings (SSSR count). The molecule has 1 nitrogen and oxygen atoms in total. The zero-order valence-electron chi connectivity index (χ0n) is 11.3. The fourth-order valence-corrected chi connectivity index (χ4v) is 2.13. The molecule has 0 amide bonds. The van der Waals surface area contributed by atoms with Crippen LogP contribution in [0.5, 0.6) is 5.75 Å². The zero-order valence-corrected chi connectivity index (χ0v) is 11.3. The van der Waals surface area contributed by atoms with E-state index in [-0.39, 0.29) is 16.9 Å². The Bertz CT molecular complexity index is 357. The molecule has 0 aliphatic rings. The van der Waals surface area contributed by atoms with Crippen molar-refractivity contribution in [2.24, 2.45) is 0 Å². The van der Waals surface area contributed by atoms with Gasteiger partial charge >= 0.3 is 0 Å². The summed E-state index contributed by atoms with van der Waals surface area (Å²) in [7, 11) is 0. The topological polar surface area (TPSA) is 20.2 Å². The lowest BCUT2D eigenvalue weighted by Crippen LogP contribution is -1.99. The van der Waals surface area contributed by atoms with Crippen molar-refractivity contribution in [1.82, 2.24) is 0 Å². The van der Waals surface area contributed by atoms with Gasteiger partial charge in [-0.05, 0) is 31.9 Å². The highest BCUT2D eigenvalue weighted by atomic mass is 19.1. The highest BCUT2D eigenvalue weighted by molar-refractivity contribution is 5.45. The molecule has 0 bridgehead atoms. The fraction of sp³-hybridized carbons (Fsp3) is 0.600. The van der Waals surface area contributed by atoms with Gasteiger partial charge in [-0.25, -0.2) is 8.78 Å². The normalized spacial score (nSPS) is 14.5. The van der Waals surface area contributed by atoms with Crippen molar-refractivity contribution in [3.8, 4) is 5.75 Å². The molecule has 18 heavy (non-hydrogen) atoms. The summed E-state index contributed by atoms with van der Waals surface area (Å²) in [4.78, 5) is 0. The SMILES string of the molecule is CCCC(F)c1cc(C)cc(C(F)CCC)c1O. The predicted molar refractivity (Wildman–Crippen MR) is 70.4 cm³/mol. The quantitative estimate of drug-likeness (QED) is 0.730. The number of aryl methyl sites for hydroxylation is 1. The van der Waals surface area contributed by atoms with Crippen LogP contribution in [-0.4, -0.2) is 5.11 Å². The summed E-state index contributed by atoms with van der Waals surface area (Å²) in [6, 6.07) is 3.22. The third kappa shape index (κ3) is 3.44. The number of rotatable bonds is 6. The molecule has 1 aromatic rings. The predicted octanol–water partition coefficient (Wildman–Crippen LogP) is 5.32. The van der Waals surface area contributed by atoms with Gasteiger partial charge in [0.05, 0.1) is 0 Å². The minimum absolute atomic E-state index is 0.206. The van der Waals surface area contributed by atoms with Crippen LogP contribution in [0.1, 0.15) is 68.6 Å². The first-order chi connectivity index (χ1) is 8.51. The molecule has 0 heterocycles. The summed E-state index contributed by atoms with van der Waals surface area (Å²) in [6.45, 7) is 5.56. The van der Waals surface area contributed by atoms with E-state index >= 15 is 0 Å². The third-order valence-electron chi connectivity index (χ3n) is 3.07. The monoisotopic (exact) mass is 256 g/mol. The molecule has 0 radical (unpaired) electrons. The van der Waals surface area contributed by atoms with Gasteiger partial charge in [0, 0.05) is 11.1 Å². The molecule has 0 spiro atoms. The van der Waals surface area contributed by atoms with Gasteiger partial charge in [0.25, 0.3) is 0 Å². The van der Waals surface area contributed by atoms with Crippen molar-refractivity contribution >= 4 is 0 Å². The lowest BCUT2D eigenvalue weighted by molar-refractivity contribution is 0.292. The van der Waals surface area contributed by atoms with E-state index < -0.39 is 12.3 Å². The standard InChI is InChI=1S/C15H22F2O/c1-4-6-13(16)11-8-10(3)9-12(15(11)18)14(17)7-5-2/h8-9,13-14,18H,4-7H2,1-3H3. The van der Waals surface area contributed by atoms with Crippen molar-refractivity contribution < 1.29 is 13.9 Å². The zero-order chi connectivity index (χ0) is 13.7. The van der Waals surface area contributed by atoms with Crippen LogP contribution in [0, 0.1) is 6.92 Å². The fourth-order valence-electron chi connectivity index (χ4n) is 2.13. The highest BCUT2D eigenvalue weighted by Crippen LogP contribution is 2.39. The van der Waals surface area contributed by atoms with E-state index in [1.165, 1.54) is 0 Å². The molecule has 2 unspecified atom stereocenters. The van der Waals surface area contributed by atoms with Gasteiger partial charge in [0.1, 0.15) is 18.1 Å². The summed E-state index contributed by atoms with van der Waals surface area (Å²) >= 11 is 0. The van der Waals surface area contributed by atoms with Gasteiger partial charge in [-0.2, -0.15) is 0 Å². The molecule has 0 saturated carbocycles. The third-order valence-corrected chi connectivity index (χ3v) is 3.07. The minimum atomic E-state index is -1.22. The van der Waals surface area contributed by atoms with E-state index in [1.54, 1.807) is 19.1 Å². The second-order valence-electron chi connectivity index (χ2n) is 4.80. The molecule has 1 aromatic carbocycles. The van der Waals surface area contributed by atoms with Crippen LogP contribution < -0.4 is 0 Å². The number of alkyl halides is 2. The van der Waals surface area contributed by atoms with Crippen molar-refractivity contribution in [3.05, 3.63) is 28.8 Å². The van der Waals surface area contributed by atoms with Crippen LogP contribution >= 0.6 is 0 Å². The first-order valence-corrected chi connectivity index (χ1v) is 6.62. The Morgan fingerprint density at radius 3 is 1.72 bits per heavy atom. The Morgan fingerprint density at radius 1 is 1.00 bits per heavy atom. The van der Waals surface area contributed by atoms with Crippen LogP contribution in [0.3, 0.4) is 0 Å². The number of hydrogen-bond acceptors (Lipinski definition) is 1. The molecule has 0 aromatic heterocycles. The summed E-state index contributed by atoms with van der Waals surface area (Å²) in [6.07, 6.45) is -0.358. The van der Waals surface area contributed by atoms with Gasteiger partial charge in [0.2, 0.25) is 0 Å². The smallest absolute Gasteiger partial charge is 0.129 e. The van der Waals surface area contributed by atoms with Crippen LogP contribution in [0.4, 0.5) is 8.78 Å². The Kier molecular flexibility index (Phi) is 5.57. The maximum Gasteiger partial charge on any atom is 0.129 e. The molecular weight excluding hydrogens is 234 g/mol. The van der Waals surface area contributed by atoms with Crippen molar-refractivity contribution in [3.63, 3.8) is 0 Å².